The van der Waals surface area contributed by atoms with Gasteiger partial charge < -0.3 is 10.1 Å². The molecule has 138 valence electrons. The molecule has 0 saturated heterocycles. The molecule has 1 saturated carbocycles. The average molecular weight is 362 g/mol. The predicted octanol–water partition coefficient (Wildman–Crippen LogP) is 3.37. The Balaban J connectivity index is 1.91. The summed E-state index contributed by atoms with van der Waals surface area (Å²) in [5.74, 6) is -0.432. The maximum absolute atomic E-state index is 12.4. The number of benzene rings is 2. The van der Waals surface area contributed by atoms with Gasteiger partial charge in [-0.05, 0) is 54.7 Å². The number of rotatable bonds is 5. The van der Waals surface area contributed by atoms with Crippen molar-refractivity contribution in [2.75, 3.05) is 13.7 Å². The number of hydrogen-bond donors (Lipinski definition) is 1. The molecule has 0 heterocycles. The molecule has 1 fully saturated rings. The monoisotopic (exact) mass is 362 g/mol. The molecular formula is C22H22N2O3. The van der Waals surface area contributed by atoms with Crippen LogP contribution in [0.2, 0.25) is 0 Å². The van der Waals surface area contributed by atoms with Gasteiger partial charge in [0, 0.05) is 18.5 Å². The smallest absolute Gasteiger partial charge is 0.309 e. The number of carbonyl (C=O) groups is 2. The molecule has 3 rings (SSSR count). The third-order valence-corrected chi connectivity index (χ3v) is 5.19. The number of ether oxygens (including phenoxy) is 1. The lowest BCUT2D eigenvalue weighted by Gasteiger charge is -2.44. The Bertz CT molecular complexity index is 883. The molecule has 5 nitrogen and oxygen atoms in total. The third kappa shape index (κ3) is 3.70. The molecule has 1 aliphatic rings. The highest BCUT2D eigenvalue weighted by Crippen LogP contribution is 2.54. The average Bonchev–Trinajstić information content (AvgIpc) is 2.67. The van der Waals surface area contributed by atoms with Gasteiger partial charge in [0.25, 0.3) is 5.91 Å². The number of esters is 1. The van der Waals surface area contributed by atoms with E-state index in [0.29, 0.717) is 24.2 Å². The van der Waals surface area contributed by atoms with E-state index in [0.717, 1.165) is 11.1 Å². The van der Waals surface area contributed by atoms with Crippen LogP contribution in [-0.4, -0.2) is 25.5 Å². The number of carbonyl (C=O) groups excluding carboxylic acids is 2. The summed E-state index contributed by atoms with van der Waals surface area (Å²) in [5, 5.41) is 11.8. The Morgan fingerprint density at radius 3 is 2.56 bits per heavy atom. The zero-order valence-corrected chi connectivity index (χ0v) is 15.4. The quantitative estimate of drug-likeness (QED) is 0.827. The summed E-state index contributed by atoms with van der Waals surface area (Å²) in [6, 6.07) is 17.1. The number of amides is 1. The van der Waals surface area contributed by atoms with Crippen LogP contribution in [0.15, 0.2) is 48.5 Å². The lowest BCUT2D eigenvalue weighted by molar-refractivity contribution is -0.152. The van der Waals surface area contributed by atoms with Gasteiger partial charge in [-0.25, -0.2) is 0 Å². The van der Waals surface area contributed by atoms with Crippen molar-refractivity contribution in [2.24, 2.45) is 5.92 Å². The first-order valence-electron chi connectivity index (χ1n) is 9.07. The summed E-state index contributed by atoms with van der Waals surface area (Å²) >= 11 is 0. The van der Waals surface area contributed by atoms with Crippen molar-refractivity contribution in [1.82, 2.24) is 5.32 Å². The molecule has 0 radical (unpaired) electrons. The van der Waals surface area contributed by atoms with Gasteiger partial charge in [0.2, 0.25) is 0 Å². The Labute approximate surface area is 159 Å². The second kappa shape index (κ2) is 8.05. The van der Waals surface area contributed by atoms with Gasteiger partial charge in [0.1, 0.15) is 0 Å². The SMILES string of the molecule is CCOC(=O)[C@H]1CC(c2ccc(C(=O)NC)cc2)[C@@H]1c1cccc(C#N)c1. The summed E-state index contributed by atoms with van der Waals surface area (Å²) in [4.78, 5) is 24.1. The standard InChI is InChI=1S/C22H22N2O3/c1-3-27-22(26)19-12-18(15-7-9-16(10-8-15)21(25)24-2)20(19)17-6-4-5-14(11-17)13-23/h4-11,18-20H,3,12H2,1-2H3,(H,24,25)/t18?,19-,20-/m0/s1. The van der Waals surface area contributed by atoms with Crippen LogP contribution in [-0.2, 0) is 9.53 Å². The Hall–Kier alpha value is -3.13. The molecule has 2 aromatic carbocycles. The maximum atomic E-state index is 12.4. The van der Waals surface area contributed by atoms with Gasteiger partial charge in [-0.15, -0.1) is 0 Å². The van der Waals surface area contributed by atoms with Gasteiger partial charge in [-0.2, -0.15) is 5.26 Å². The predicted molar refractivity (Wildman–Crippen MR) is 101 cm³/mol. The zero-order chi connectivity index (χ0) is 19.4. The van der Waals surface area contributed by atoms with Crippen molar-refractivity contribution in [3.05, 3.63) is 70.8 Å². The normalized spacial score (nSPS) is 20.9. The van der Waals surface area contributed by atoms with Crippen LogP contribution in [0.4, 0.5) is 0 Å². The van der Waals surface area contributed by atoms with E-state index in [2.05, 4.69) is 11.4 Å². The Morgan fingerprint density at radius 2 is 1.93 bits per heavy atom. The molecule has 1 amide bonds. The molecule has 0 aromatic heterocycles. The van der Waals surface area contributed by atoms with Gasteiger partial charge >= 0.3 is 5.97 Å². The molecule has 0 bridgehead atoms. The van der Waals surface area contributed by atoms with E-state index >= 15 is 0 Å². The first kappa shape index (κ1) is 18.7. The highest BCUT2D eigenvalue weighted by atomic mass is 16.5. The van der Waals surface area contributed by atoms with Crippen LogP contribution < -0.4 is 5.32 Å². The molecule has 5 heteroatoms. The number of hydrogen-bond acceptors (Lipinski definition) is 4. The minimum Gasteiger partial charge on any atom is -0.466 e. The summed E-state index contributed by atoms with van der Waals surface area (Å²) in [6.07, 6.45) is 0.694. The number of nitrogens with zero attached hydrogens (tertiary/aromatic N) is 1. The van der Waals surface area contributed by atoms with Crippen LogP contribution >= 0.6 is 0 Å². The van der Waals surface area contributed by atoms with Crippen LogP contribution in [0.1, 0.15) is 52.2 Å². The number of nitrogens with one attached hydrogen (secondary N) is 1. The molecule has 1 aliphatic carbocycles. The molecular weight excluding hydrogens is 340 g/mol. The van der Waals surface area contributed by atoms with Crippen molar-refractivity contribution in [1.29, 1.82) is 5.26 Å². The van der Waals surface area contributed by atoms with E-state index in [1.807, 2.05) is 30.3 Å². The molecule has 27 heavy (non-hydrogen) atoms. The first-order valence-corrected chi connectivity index (χ1v) is 9.07. The van der Waals surface area contributed by atoms with Crippen LogP contribution in [0.3, 0.4) is 0 Å². The topological polar surface area (TPSA) is 79.2 Å². The third-order valence-electron chi connectivity index (χ3n) is 5.19. The first-order chi connectivity index (χ1) is 13.1. The molecule has 0 spiro atoms. The fourth-order valence-electron chi connectivity index (χ4n) is 3.79. The van der Waals surface area contributed by atoms with Crippen molar-refractivity contribution < 1.29 is 14.3 Å². The maximum Gasteiger partial charge on any atom is 0.309 e. The second-order valence-electron chi connectivity index (χ2n) is 6.66. The largest absolute Gasteiger partial charge is 0.466 e. The minimum atomic E-state index is -0.220. The lowest BCUT2D eigenvalue weighted by Crippen LogP contribution is -2.39. The molecule has 1 unspecified atom stereocenters. The van der Waals surface area contributed by atoms with E-state index in [1.165, 1.54) is 0 Å². The molecule has 2 aromatic rings. The number of nitriles is 1. The van der Waals surface area contributed by atoms with E-state index < -0.39 is 0 Å². The summed E-state index contributed by atoms with van der Waals surface area (Å²) in [7, 11) is 1.60. The van der Waals surface area contributed by atoms with Crippen molar-refractivity contribution in [2.45, 2.75) is 25.2 Å². The van der Waals surface area contributed by atoms with E-state index in [4.69, 9.17) is 4.74 Å². The highest BCUT2D eigenvalue weighted by molar-refractivity contribution is 5.94. The van der Waals surface area contributed by atoms with Gasteiger partial charge in [-0.3, -0.25) is 9.59 Å². The van der Waals surface area contributed by atoms with E-state index in [9.17, 15) is 14.9 Å². The fraction of sp³-hybridized carbons (Fsp3) is 0.318. The van der Waals surface area contributed by atoms with Gasteiger partial charge in [0.15, 0.2) is 0 Å². The summed E-state index contributed by atoms with van der Waals surface area (Å²) in [5.41, 5.74) is 3.23. The lowest BCUT2D eigenvalue weighted by atomic mass is 9.59. The van der Waals surface area contributed by atoms with Crippen LogP contribution in [0, 0.1) is 17.2 Å². The summed E-state index contributed by atoms with van der Waals surface area (Å²) in [6.45, 7) is 2.16. The second-order valence-corrected chi connectivity index (χ2v) is 6.66. The Morgan fingerprint density at radius 1 is 1.19 bits per heavy atom. The van der Waals surface area contributed by atoms with Gasteiger partial charge in [0.05, 0.1) is 24.2 Å². The molecule has 3 atom stereocenters. The van der Waals surface area contributed by atoms with Gasteiger partial charge in [-0.1, -0.05) is 24.3 Å². The molecule has 1 N–H and O–H groups in total. The van der Waals surface area contributed by atoms with E-state index in [-0.39, 0.29) is 29.6 Å². The minimum absolute atomic E-state index is 0.0387. The highest BCUT2D eigenvalue weighted by Gasteiger charge is 2.47. The van der Waals surface area contributed by atoms with Crippen molar-refractivity contribution in [3.63, 3.8) is 0 Å². The van der Waals surface area contributed by atoms with Crippen LogP contribution in [0.5, 0.6) is 0 Å². The Kier molecular flexibility index (Phi) is 5.56. The molecule has 0 aliphatic heterocycles. The van der Waals surface area contributed by atoms with E-state index in [1.54, 1.807) is 32.2 Å². The summed E-state index contributed by atoms with van der Waals surface area (Å²) < 4.78 is 5.25. The van der Waals surface area contributed by atoms with Crippen molar-refractivity contribution >= 4 is 11.9 Å². The van der Waals surface area contributed by atoms with Crippen LogP contribution in [0.25, 0.3) is 0 Å². The van der Waals surface area contributed by atoms with Crippen molar-refractivity contribution in [3.8, 4) is 6.07 Å². The fourth-order valence-corrected chi connectivity index (χ4v) is 3.79. The zero-order valence-electron chi connectivity index (χ0n) is 15.4.